The third-order valence-electron chi connectivity index (χ3n) is 2.76. The van der Waals surface area contributed by atoms with E-state index in [1.54, 1.807) is 0 Å². The lowest BCUT2D eigenvalue weighted by molar-refractivity contribution is -0.162. The normalized spacial score (nSPS) is 21.8. The molecule has 1 aliphatic heterocycles. The molecule has 1 atom stereocenters. The van der Waals surface area contributed by atoms with Crippen molar-refractivity contribution in [2.24, 2.45) is 0 Å². The second-order valence-corrected chi connectivity index (χ2v) is 4.18. The lowest BCUT2D eigenvalue weighted by atomic mass is 10.2. The maximum Gasteiger partial charge on any atom is 0.157 e. The van der Waals surface area contributed by atoms with E-state index in [2.05, 4.69) is 5.32 Å². The van der Waals surface area contributed by atoms with Crippen LogP contribution in [0.15, 0.2) is 0 Å². The largest absolute Gasteiger partial charge is 0.353 e. The molecule has 1 aliphatic rings. The van der Waals surface area contributed by atoms with Crippen molar-refractivity contribution in [1.29, 1.82) is 0 Å². The van der Waals surface area contributed by atoms with E-state index in [9.17, 15) is 0 Å². The molecule has 90 valence electrons. The number of ether oxygens (including phenoxy) is 2. The molecule has 0 aromatic carbocycles. The van der Waals surface area contributed by atoms with Gasteiger partial charge in [0.1, 0.15) is 0 Å². The van der Waals surface area contributed by atoms with Crippen molar-refractivity contribution in [2.45, 2.75) is 51.2 Å². The van der Waals surface area contributed by atoms with Crippen LogP contribution in [0, 0.1) is 0 Å². The summed E-state index contributed by atoms with van der Waals surface area (Å²) in [4.78, 5) is 0. The Morgan fingerprint density at radius 2 is 2.07 bits per heavy atom. The van der Waals surface area contributed by atoms with Crippen molar-refractivity contribution >= 4 is 0 Å². The minimum atomic E-state index is 0.0936. The minimum absolute atomic E-state index is 0.0936. The van der Waals surface area contributed by atoms with Gasteiger partial charge >= 0.3 is 0 Å². The summed E-state index contributed by atoms with van der Waals surface area (Å²) in [7, 11) is 2.00. The highest BCUT2D eigenvalue weighted by atomic mass is 16.7. The average molecular weight is 215 g/mol. The molecule has 0 saturated carbocycles. The molecule has 1 saturated heterocycles. The van der Waals surface area contributed by atoms with Gasteiger partial charge in [0.25, 0.3) is 0 Å². The lowest BCUT2D eigenvalue weighted by Crippen LogP contribution is -2.22. The van der Waals surface area contributed by atoms with Gasteiger partial charge < -0.3 is 14.8 Å². The van der Waals surface area contributed by atoms with Crippen LogP contribution < -0.4 is 5.32 Å². The van der Waals surface area contributed by atoms with E-state index in [-0.39, 0.29) is 6.29 Å². The van der Waals surface area contributed by atoms with Gasteiger partial charge in [0.2, 0.25) is 0 Å². The number of unbranched alkanes of at least 4 members (excludes halogenated alkanes) is 3. The van der Waals surface area contributed by atoms with Crippen molar-refractivity contribution in [2.75, 3.05) is 26.8 Å². The van der Waals surface area contributed by atoms with Gasteiger partial charge in [0.15, 0.2) is 6.29 Å². The smallest absolute Gasteiger partial charge is 0.157 e. The molecule has 3 nitrogen and oxygen atoms in total. The first-order valence-electron chi connectivity index (χ1n) is 6.31. The Hall–Kier alpha value is -0.120. The van der Waals surface area contributed by atoms with E-state index in [1.807, 2.05) is 7.05 Å². The highest BCUT2D eigenvalue weighted by Gasteiger charge is 2.12. The second-order valence-electron chi connectivity index (χ2n) is 4.18. The van der Waals surface area contributed by atoms with Crippen LogP contribution >= 0.6 is 0 Å². The summed E-state index contributed by atoms with van der Waals surface area (Å²) in [6, 6.07) is 0. The van der Waals surface area contributed by atoms with Gasteiger partial charge in [-0.05, 0) is 45.7 Å². The molecule has 1 fully saturated rings. The molecule has 1 unspecified atom stereocenters. The molecule has 3 heteroatoms. The molecule has 1 heterocycles. The summed E-state index contributed by atoms with van der Waals surface area (Å²) < 4.78 is 11.1. The monoisotopic (exact) mass is 215 g/mol. The van der Waals surface area contributed by atoms with Crippen molar-refractivity contribution in [1.82, 2.24) is 5.32 Å². The van der Waals surface area contributed by atoms with E-state index in [1.165, 1.54) is 38.5 Å². The molecule has 1 rings (SSSR count). The van der Waals surface area contributed by atoms with Crippen LogP contribution in [-0.4, -0.2) is 33.1 Å². The molecule has 0 aliphatic carbocycles. The number of hydrogen-bond acceptors (Lipinski definition) is 3. The molecule has 15 heavy (non-hydrogen) atoms. The zero-order chi connectivity index (χ0) is 10.8. The molecule has 0 bridgehead atoms. The van der Waals surface area contributed by atoms with Crippen molar-refractivity contribution < 1.29 is 9.47 Å². The van der Waals surface area contributed by atoms with E-state index in [0.717, 1.165) is 26.2 Å². The third kappa shape index (κ3) is 6.88. The Kier molecular flexibility index (Phi) is 7.88. The Morgan fingerprint density at radius 1 is 1.20 bits per heavy atom. The van der Waals surface area contributed by atoms with Crippen molar-refractivity contribution in [3.63, 3.8) is 0 Å². The van der Waals surface area contributed by atoms with Crippen LogP contribution in [0.2, 0.25) is 0 Å². The first-order valence-corrected chi connectivity index (χ1v) is 6.31. The lowest BCUT2D eigenvalue weighted by Gasteiger charge is -2.22. The van der Waals surface area contributed by atoms with Gasteiger partial charge in [-0.3, -0.25) is 0 Å². The first-order chi connectivity index (χ1) is 7.43. The van der Waals surface area contributed by atoms with Crippen LogP contribution in [0.3, 0.4) is 0 Å². The van der Waals surface area contributed by atoms with E-state index < -0.39 is 0 Å². The van der Waals surface area contributed by atoms with E-state index >= 15 is 0 Å². The third-order valence-corrected chi connectivity index (χ3v) is 2.76. The molecular formula is C12H25NO2. The van der Waals surface area contributed by atoms with Gasteiger partial charge in [-0.1, -0.05) is 12.8 Å². The maximum atomic E-state index is 5.65. The molecular weight excluding hydrogens is 190 g/mol. The summed E-state index contributed by atoms with van der Waals surface area (Å²) in [5, 5.41) is 3.16. The number of hydrogen-bond donors (Lipinski definition) is 1. The van der Waals surface area contributed by atoms with Crippen LogP contribution in [0.25, 0.3) is 0 Å². The zero-order valence-corrected chi connectivity index (χ0v) is 9.96. The summed E-state index contributed by atoms with van der Waals surface area (Å²) in [5.41, 5.74) is 0. The Morgan fingerprint density at radius 3 is 2.80 bits per heavy atom. The SMILES string of the molecule is CNCCCCCCOC1CCCCO1. The molecule has 0 aromatic rings. The summed E-state index contributed by atoms with van der Waals surface area (Å²) in [6.45, 7) is 2.88. The van der Waals surface area contributed by atoms with E-state index in [0.29, 0.717) is 0 Å². The Bertz CT molecular complexity index is 136. The topological polar surface area (TPSA) is 30.5 Å². The highest BCUT2D eigenvalue weighted by Crippen LogP contribution is 2.14. The summed E-state index contributed by atoms with van der Waals surface area (Å²) >= 11 is 0. The minimum Gasteiger partial charge on any atom is -0.353 e. The molecule has 1 N–H and O–H groups in total. The van der Waals surface area contributed by atoms with Crippen LogP contribution in [0.4, 0.5) is 0 Å². The van der Waals surface area contributed by atoms with Gasteiger partial charge in [-0.2, -0.15) is 0 Å². The van der Waals surface area contributed by atoms with Crippen LogP contribution in [0.5, 0.6) is 0 Å². The van der Waals surface area contributed by atoms with Gasteiger partial charge in [0, 0.05) is 13.2 Å². The van der Waals surface area contributed by atoms with Crippen molar-refractivity contribution in [3.8, 4) is 0 Å². The van der Waals surface area contributed by atoms with Gasteiger partial charge in [-0.15, -0.1) is 0 Å². The summed E-state index contributed by atoms with van der Waals surface area (Å²) in [5.74, 6) is 0. The predicted molar refractivity (Wildman–Crippen MR) is 61.9 cm³/mol. The Balaban J connectivity index is 1.79. The average Bonchev–Trinajstić information content (AvgIpc) is 2.29. The van der Waals surface area contributed by atoms with E-state index in [4.69, 9.17) is 9.47 Å². The first kappa shape index (κ1) is 12.9. The molecule has 0 radical (unpaired) electrons. The Labute approximate surface area is 93.5 Å². The second kappa shape index (κ2) is 9.13. The molecule has 0 amide bonds. The zero-order valence-electron chi connectivity index (χ0n) is 9.96. The van der Waals surface area contributed by atoms with Crippen molar-refractivity contribution in [3.05, 3.63) is 0 Å². The number of rotatable bonds is 8. The van der Waals surface area contributed by atoms with Crippen LogP contribution in [-0.2, 0) is 9.47 Å². The van der Waals surface area contributed by atoms with Gasteiger partial charge in [-0.25, -0.2) is 0 Å². The fourth-order valence-corrected chi connectivity index (χ4v) is 1.81. The van der Waals surface area contributed by atoms with Gasteiger partial charge in [0.05, 0.1) is 0 Å². The molecule has 0 spiro atoms. The van der Waals surface area contributed by atoms with Crippen LogP contribution in [0.1, 0.15) is 44.9 Å². The fourth-order valence-electron chi connectivity index (χ4n) is 1.81. The highest BCUT2D eigenvalue weighted by molar-refractivity contribution is 4.54. The standard InChI is InChI=1S/C12H25NO2/c1-13-9-5-2-3-6-10-14-12-8-4-7-11-15-12/h12-13H,2-11H2,1H3. The quantitative estimate of drug-likeness (QED) is 0.630. The number of nitrogens with one attached hydrogen (secondary N) is 1. The predicted octanol–water partition coefficient (Wildman–Crippen LogP) is 2.31. The summed E-state index contributed by atoms with van der Waals surface area (Å²) in [6.07, 6.45) is 8.65. The fraction of sp³-hybridized carbons (Fsp3) is 1.00. The molecule has 0 aromatic heterocycles. The maximum absolute atomic E-state index is 5.65.